The van der Waals surface area contributed by atoms with Crippen molar-refractivity contribution < 1.29 is 9.59 Å². The second kappa shape index (κ2) is 2.59. The van der Waals surface area contributed by atoms with Crippen LogP contribution >= 0.6 is 0 Å². The van der Waals surface area contributed by atoms with E-state index in [0.717, 1.165) is 19.3 Å². The van der Waals surface area contributed by atoms with E-state index in [0.29, 0.717) is 17.7 Å². The van der Waals surface area contributed by atoms with Crippen molar-refractivity contribution in [3.8, 4) is 0 Å². The Balaban J connectivity index is 2.57. The second-order valence-corrected chi connectivity index (χ2v) is 2.96. The third-order valence-electron chi connectivity index (χ3n) is 2.19. The number of carbonyl (C=O) groups is 2. The van der Waals surface area contributed by atoms with Crippen LogP contribution in [0.5, 0.6) is 0 Å². The van der Waals surface area contributed by atoms with Gasteiger partial charge >= 0.3 is 0 Å². The van der Waals surface area contributed by atoms with Crippen LogP contribution in [0.3, 0.4) is 0 Å². The van der Waals surface area contributed by atoms with E-state index in [1.54, 1.807) is 12.3 Å². The topological polar surface area (TPSA) is 39.1 Å². The van der Waals surface area contributed by atoms with Gasteiger partial charge in [-0.25, -0.2) is 0 Å². The Morgan fingerprint density at radius 1 is 1.50 bits per heavy atom. The smallest absolute Gasteiger partial charge is 0.180 e. The van der Waals surface area contributed by atoms with Crippen LogP contribution in [0.1, 0.15) is 33.7 Å². The molecule has 0 atom stereocenters. The first-order valence-electron chi connectivity index (χ1n) is 4.00. The van der Waals surface area contributed by atoms with Crippen molar-refractivity contribution in [2.75, 3.05) is 0 Å². The molecule has 0 saturated carbocycles. The largest absolute Gasteiger partial charge is 0.344 e. The van der Waals surface area contributed by atoms with Gasteiger partial charge in [0.05, 0.1) is 5.69 Å². The van der Waals surface area contributed by atoms with Crippen molar-refractivity contribution in [2.24, 2.45) is 0 Å². The highest BCUT2D eigenvalue weighted by Gasteiger charge is 2.19. The van der Waals surface area contributed by atoms with Gasteiger partial charge in [-0.1, -0.05) is 0 Å². The Hall–Kier alpha value is -1.38. The summed E-state index contributed by atoms with van der Waals surface area (Å²) in [5.74, 6) is 0.0911. The minimum absolute atomic E-state index is 0.0911. The number of rotatable bonds is 1. The highest BCUT2D eigenvalue weighted by atomic mass is 16.1. The molecule has 1 aromatic heterocycles. The summed E-state index contributed by atoms with van der Waals surface area (Å²) in [6, 6.07) is 1.70. The molecule has 1 aliphatic rings. The fourth-order valence-electron chi connectivity index (χ4n) is 1.62. The molecule has 0 fully saturated rings. The molecule has 0 spiro atoms. The van der Waals surface area contributed by atoms with Crippen LogP contribution in [0, 0.1) is 0 Å². The molecule has 0 bridgehead atoms. The van der Waals surface area contributed by atoms with E-state index in [1.807, 2.05) is 4.57 Å². The van der Waals surface area contributed by atoms with Gasteiger partial charge < -0.3 is 4.57 Å². The summed E-state index contributed by atoms with van der Waals surface area (Å²) in [6.45, 7) is 0.856. The molecule has 3 heteroatoms. The lowest BCUT2D eigenvalue weighted by Gasteiger charge is -2.13. The summed E-state index contributed by atoms with van der Waals surface area (Å²) in [4.78, 5) is 21.9. The molecule has 0 radical (unpaired) electrons. The molecular weight excluding hydrogens is 154 g/mol. The number of carbonyl (C=O) groups excluding carboxylic acids is 2. The lowest BCUT2D eigenvalue weighted by Crippen LogP contribution is -2.16. The molecule has 0 N–H and O–H groups in total. The predicted octanol–water partition coefficient (Wildman–Crippen LogP) is 1.28. The van der Waals surface area contributed by atoms with Crippen LogP contribution in [0.25, 0.3) is 0 Å². The molecule has 0 amide bonds. The van der Waals surface area contributed by atoms with E-state index in [1.165, 1.54) is 0 Å². The number of hydrogen-bond donors (Lipinski definition) is 0. The summed E-state index contributed by atoms with van der Waals surface area (Å²) in [5, 5.41) is 0. The highest BCUT2D eigenvalue weighted by Crippen LogP contribution is 2.18. The molecule has 0 aliphatic carbocycles. The minimum Gasteiger partial charge on any atom is -0.344 e. The third-order valence-corrected chi connectivity index (χ3v) is 2.19. The molecule has 3 nitrogen and oxygen atoms in total. The van der Waals surface area contributed by atoms with Gasteiger partial charge in [0.15, 0.2) is 12.1 Å². The fourth-order valence-corrected chi connectivity index (χ4v) is 1.62. The van der Waals surface area contributed by atoms with E-state index < -0.39 is 0 Å². The average Bonchev–Trinajstić information content (AvgIpc) is 2.49. The van der Waals surface area contributed by atoms with Gasteiger partial charge in [-0.2, -0.15) is 0 Å². The standard InChI is InChI=1S/C9H9NO2/c11-6-7-3-5-10-4-1-2-8(12)9(7)10/h3,5-6H,1-2,4H2. The van der Waals surface area contributed by atoms with Gasteiger partial charge in [0.1, 0.15) is 0 Å². The number of aldehydes is 1. The summed E-state index contributed by atoms with van der Waals surface area (Å²) in [5.41, 5.74) is 1.12. The molecule has 1 aliphatic heterocycles. The second-order valence-electron chi connectivity index (χ2n) is 2.96. The van der Waals surface area contributed by atoms with Gasteiger partial charge in [0.2, 0.25) is 0 Å². The molecule has 0 saturated heterocycles. The zero-order valence-electron chi connectivity index (χ0n) is 6.62. The molecule has 1 aromatic rings. The maximum Gasteiger partial charge on any atom is 0.180 e. The normalized spacial score (nSPS) is 15.8. The molecular formula is C9H9NO2. The number of fused-ring (bicyclic) bond motifs is 1. The Bertz CT molecular complexity index is 338. The average molecular weight is 163 g/mol. The molecule has 0 unspecified atom stereocenters. The van der Waals surface area contributed by atoms with E-state index >= 15 is 0 Å². The summed E-state index contributed by atoms with van der Waals surface area (Å²) in [6.07, 6.45) is 4.01. The maximum absolute atomic E-state index is 11.3. The maximum atomic E-state index is 11.3. The quantitative estimate of drug-likeness (QED) is 0.585. The Labute approximate surface area is 70.0 Å². The van der Waals surface area contributed by atoms with Crippen molar-refractivity contribution in [1.29, 1.82) is 0 Å². The van der Waals surface area contributed by atoms with Gasteiger partial charge in [0.25, 0.3) is 0 Å². The Morgan fingerprint density at radius 2 is 2.33 bits per heavy atom. The molecule has 62 valence electrons. The first kappa shape index (κ1) is 7.28. The monoisotopic (exact) mass is 163 g/mol. The summed E-state index contributed by atoms with van der Waals surface area (Å²) < 4.78 is 1.86. The van der Waals surface area contributed by atoms with Crippen molar-refractivity contribution in [2.45, 2.75) is 19.4 Å². The molecule has 2 rings (SSSR count). The van der Waals surface area contributed by atoms with Crippen molar-refractivity contribution in [3.63, 3.8) is 0 Å². The van der Waals surface area contributed by atoms with Crippen LogP contribution < -0.4 is 0 Å². The van der Waals surface area contributed by atoms with Crippen molar-refractivity contribution >= 4 is 12.1 Å². The van der Waals surface area contributed by atoms with Crippen LogP contribution in [-0.2, 0) is 6.54 Å². The number of aromatic nitrogens is 1. The van der Waals surface area contributed by atoms with Gasteiger partial charge in [-0.05, 0) is 12.5 Å². The van der Waals surface area contributed by atoms with E-state index in [-0.39, 0.29) is 5.78 Å². The Kier molecular flexibility index (Phi) is 1.57. The van der Waals surface area contributed by atoms with Crippen LogP contribution in [0.15, 0.2) is 12.3 Å². The van der Waals surface area contributed by atoms with Gasteiger partial charge in [-0.3, -0.25) is 9.59 Å². The van der Waals surface area contributed by atoms with Crippen molar-refractivity contribution in [3.05, 3.63) is 23.5 Å². The summed E-state index contributed by atoms with van der Waals surface area (Å²) in [7, 11) is 0. The summed E-state index contributed by atoms with van der Waals surface area (Å²) >= 11 is 0. The first-order valence-corrected chi connectivity index (χ1v) is 4.00. The van der Waals surface area contributed by atoms with Crippen LogP contribution in [-0.4, -0.2) is 16.6 Å². The van der Waals surface area contributed by atoms with Gasteiger partial charge in [0, 0.05) is 24.7 Å². The number of aryl methyl sites for hydroxylation is 1. The number of ketones is 1. The van der Waals surface area contributed by atoms with Crippen LogP contribution in [0.2, 0.25) is 0 Å². The van der Waals surface area contributed by atoms with E-state index in [4.69, 9.17) is 0 Å². The van der Waals surface area contributed by atoms with Crippen molar-refractivity contribution in [1.82, 2.24) is 4.57 Å². The molecule has 2 heterocycles. The predicted molar refractivity (Wildman–Crippen MR) is 43.4 cm³/mol. The molecule has 12 heavy (non-hydrogen) atoms. The number of hydrogen-bond acceptors (Lipinski definition) is 2. The van der Waals surface area contributed by atoms with Crippen LogP contribution in [0.4, 0.5) is 0 Å². The van der Waals surface area contributed by atoms with E-state index in [9.17, 15) is 9.59 Å². The number of Topliss-reactive ketones (excluding diaryl/α,β-unsaturated/α-hetero) is 1. The van der Waals surface area contributed by atoms with Gasteiger partial charge in [-0.15, -0.1) is 0 Å². The first-order chi connectivity index (χ1) is 5.83. The van der Waals surface area contributed by atoms with E-state index in [2.05, 4.69) is 0 Å². The lowest BCUT2D eigenvalue weighted by atomic mass is 10.1. The zero-order chi connectivity index (χ0) is 8.55. The third kappa shape index (κ3) is 0.897. The zero-order valence-corrected chi connectivity index (χ0v) is 6.62. The SMILES string of the molecule is O=Cc1ccn2c1C(=O)CCC2. The fraction of sp³-hybridized carbons (Fsp3) is 0.333. The Morgan fingerprint density at radius 3 is 3.08 bits per heavy atom. The number of nitrogens with zero attached hydrogens (tertiary/aromatic N) is 1. The highest BCUT2D eigenvalue weighted by molar-refractivity contribution is 6.02. The lowest BCUT2D eigenvalue weighted by molar-refractivity contribution is 0.0949. The molecule has 0 aromatic carbocycles. The minimum atomic E-state index is 0.0911.